The predicted octanol–water partition coefficient (Wildman–Crippen LogP) is 3.89. The van der Waals surface area contributed by atoms with Crippen molar-refractivity contribution in [2.45, 2.75) is 44.9 Å². The summed E-state index contributed by atoms with van der Waals surface area (Å²) in [6.45, 7) is 0.391. The second kappa shape index (κ2) is 6.68. The highest BCUT2D eigenvalue weighted by atomic mass is 35.5. The third-order valence-corrected chi connectivity index (χ3v) is 4.70. The quantitative estimate of drug-likeness (QED) is 0.857. The van der Waals surface area contributed by atoms with Crippen LogP contribution >= 0.6 is 11.6 Å². The van der Waals surface area contributed by atoms with Crippen LogP contribution < -0.4 is 5.73 Å². The lowest BCUT2D eigenvalue weighted by molar-refractivity contribution is -0.128. The Kier molecular flexibility index (Phi) is 5.17. The van der Waals surface area contributed by atoms with Crippen molar-refractivity contribution in [2.75, 3.05) is 6.54 Å². The summed E-state index contributed by atoms with van der Waals surface area (Å²) >= 11 is 5.66. The van der Waals surface area contributed by atoms with Crippen LogP contribution in [0.4, 0.5) is 4.39 Å². The molecule has 1 aliphatic carbocycles. The molecule has 2 nitrogen and oxygen atoms in total. The van der Waals surface area contributed by atoms with Crippen molar-refractivity contribution in [1.82, 2.24) is 0 Å². The molecule has 0 amide bonds. The van der Waals surface area contributed by atoms with Gasteiger partial charge in [-0.2, -0.15) is 0 Å². The molecule has 0 saturated heterocycles. The number of hydrogen-bond acceptors (Lipinski definition) is 2. The molecule has 1 aromatic carbocycles. The van der Waals surface area contributed by atoms with E-state index < -0.39 is 11.2 Å². The number of rotatable bonds is 4. The highest BCUT2D eigenvalue weighted by Crippen LogP contribution is 2.36. The van der Waals surface area contributed by atoms with E-state index in [4.69, 9.17) is 17.3 Å². The molecule has 0 spiro atoms. The zero-order valence-electron chi connectivity index (χ0n) is 11.6. The van der Waals surface area contributed by atoms with Gasteiger partial charge in [0, 0.05) is 18.4 Å². The summed E-state index contributed by atoms with van der Waals surface area (Å²) in [5.74, 6) is -0.330. The SMILES string of the molecule is NCC1(C(=O)Cc2ccc(Cl)c(F)c2)CCCCCC1. The number of carbonyl (C=O) groups is 1. The highest BCUT2D eigenvalue weighted by molar-refractivity contribution is 6.30. The molecule has 1 aliphatic rings. The van der Waals surface area contributed by atoms with Crippen molar-refractivity contribution in [3.05, 3.63) is 34.6 Å². The maximum atomic E-state index is 13.4. The molecule has 0 bridgehead atoms. The zero-order valence-corrected chi connectivity index (χ0v) is 12.4. The number of carbonyl (C=O) groups excluding carboxylic acids is 1. The first-order valence-corrected chi connectivity index (χ1v) is 7.62. The fourth-order valence-corrected chi connectivity index (χ4v) is 3.14. The minimum absolute atomic E-state index is 0.0872. The van der Waals surface area contributed by atoms with Gasteiger partial charge in [0.25, 0.3) is 0 Å². The largest absolute Gasteiger partial charge is 0.329 e. The molecule has 4 heteroatoms. The van der Waals surface area contributed by atoms with Crippen molar-refractivity contribution < 1.29 is 9.18 Å². The summed E-state index contributed by atoms with van der Waals surface area (Å²) in [5, 5.41) is 0.0872. The first-order valence-electron chi connectivity index (χ1n) is 7.25. The van der Waals surface area contributed by atoms with E-state index in [1.165, 1.54) is 25.0 Å². The number of benzene rings is 1. The van der Waals surface area contributed by atoms with Crippen LogP contribution in [0.3, 0.4) is 0 Å². The maximum absolute atomic E-state index is 13.4. The summed E-state index contributed by atoms with van der Waals surface area (Å²) in [4.78, 5) is 12.6. The van der Waals surface area contributed by atoms with E-state index in [1.54, 1.807) is 6.07 Å². The molecule has 0 aromatic heterocycles. The van der Waals surface area contributed by atoms with Gasteiger partial charge in [0.1, 0.15) is 11.6 Å². The third-order valence-electron chi connectivity index (χ3n) is 4.39. The molecule has 0 atom stereocenters. The van der Waals surface area contributed by atoms with E-state index in [2.05, 4.69) is 0 Å². The molecule has 2 N–H and O–H groups in total. The number of ketones is 1. The lowest BCUT2D eigenvalue weighted by atomic mass is 9.75. The Morgan fingerprint density at radius 2 is 1.90 bits per heavy atom. The summed E-state index contributed by atoms with van der Waals surface area (Å²) < 4.78 is 13.4. The van der Waals surface area contributed by atoms with Crippen molar-refractivity contribution >= 4 is 17.4 Å². The summed E-state index contributed by atoms with van der Waals surface area (Å²) in [6.07, 6.45) is 6.41. The van der Waals surface area contributed by atoms with Gasteiger partial charge in [-0.05, 0) is 30.5 Å². The normalized spacial score (nSPS) is 18.6. The molecule has 0 unspecified atom stereocenters. The minimum Gasteiger partial charge on any atom is -0.329 e. The van der Waals surface area contributed by atoms with Crippen LogP contribution in [0.25, 0.3) is 0 Å². The summed E-state index contributed by atoms with van der Waals surface area (Å²) in [5.41, 5.74) is 6.17. The molecule has 2 rings (SSSR count). The van der Waals surface area contributed by atoms with Gasteiger partial charge in [-0.25, -0.2) is 4.39 Å². The Bertz CT molecular complexity index is 481. The zero-order chi connectivity index (χ0) is 14.6. The molecule has 20 heavy (non-hydrogen) atoms. The molecule has 0 radical (unpaired) electrons. The second-order valence-electron chi connectivity index (χ2n) is 5.75. The van der Waals surface area contributed by atoms with Crippen LogP contribution in [0.2, 0.25) is 5.02 Å². The van der Waals surface area contributed by atoms with Crippen LogP contribution in [0, 0.1) is 11.2 Å². The molecule has 0 heterocycles. The Morgan fingerprint density at radius 3 is 2.45 bits per heavy atom. The van der Waals surface area contributed by atoms with Crippen molar-refractivity contribution in [2.24, 2.45) is 11.1 Å². The molecule has 1 fully saturated rings. The fraction of sp³-hybridized carbons (Fsp3) is 0.562. The van der Waals surface area contributed by atoms with Crippen LogP contribution in [-0.2, 0) is 11.2 Å². The predicted molar refractivity (Wildman–Crippen MR) is 79.3 cm³/mol. The average molecular weight is 298 g/mol. The number of hydrogen-bond donors (Lipinski definition) is 1. The molecule has 0 aliphatic heterocycles. The number of nitrogens with two attached hydrogens (primary N) is 1. The Morgan fingerprint density at radius 1 is 1.25 bits per heavy atom. The van der Waals surface area contributed by atoms with Crippen LogP contribution in [-0.4, -0.2) is 12.3 Å². The van der Waals surface area contributed by atoms with Gasteiger partial charge in [-0.15, -0.1) is 0 Å². The summed E-state index contributed by atoms with van der Waals surface area (Å²) in [6, 6.07) is 4.56. The first-order chi connectivity index (χ1) is 9.57. The number of halogens is 2. The lowest BCUT2D eigenvalue weighted by Crippen LogP contribution is -2.39. The minimum atomic E-state index is -0.473. The Labute approximate surface area is 124 Å². The smallest absolute Gasteiger partial charge is 0.144 e. The Balaban J connectivity index is 2.14. The average Bonchev–Trinajstić information content (AvgIpc) is 2.69. The second-order valence-corrected chi connectivity index (χ2v) is 6.15. The molecule has 110 valence electrons. The molecule has 1 saturated carbocycles. The van der Waals surface area contributed by atoms with Gasteiger partial charge in [-0.1, -0.05) is 43.4 Å². The number of Topliss-reactive ketones (excluding diaryl/α,β-unsaturated/α-hetero) is 1. The fourth-order valence-electron chi connectivity index (χ4n) is 3.02. The van der Waals surface area contributed by atoms with Gasteiger partial charge in [-0.3, -0.25) is 4.79 Å². The molecular weight excluding hydrogens is 277 g/mol. The van der Waals surface area contributed by atoms with Gasteiger partial charge >= 0.3 is 0 Å². The van der Waals surface area contributed by atoms with E-state index in [0.717, 1.165) is 25.7 Å². The lowest BCUT2D eigenvalue weighted by Gasteiger charge is -2.29. The topological polar surface area (TPSA) is 43.1 Å². The monoisotopic (exact) mass is 297 g/mol. The summed E-state index contributed by atoms with van der Waals surface area (Å²) in [7, 11) is 0. The van der Waals surface area contributed by atoms with Crippen LogP contribution in [0.5, 0.6) is 0 Å². The van der Waals surface area contributed by atoms with Gasteiger partial charge in [0.2, 0.25) is 0 Å². The van der Waals surface area contributed by atoms with Crippen molar-refractivity contribution in [3.63, 3.8) is 0 Å². The van der Waals surface area contributed by atoms with Crippen molar-refractivity contribution in [3.8, 4) is 0 Å². The van der Waals surface area contributed by atoms with Crippen LogP contribution in [0.1, 0.15) is 44.1 Å². The van der Waals surface area contributed by atoms with Gasteiger partial charge in [0.05, 0.1) is 5.02 Å². The van der Waals surface area contributed by atoms with Gasteiger partial charge < -0.3 is 5.73 Å². The maximum Gasteiger partial charge on any atom is 0.144 e. The highest BCUT2D eigenvalue weighted by Gasteiger charge is 2.36. The van der Waals surface area contributed by atoms with E-state index in [1.807, 2.05) is 0 Å². The van der Waals surface area contributed by atoms with E-state index in [0.29, 0.717) is 12.1 Å². The third kappa shape index (κ3) is 3.39. The Hall–Kier alpha value is -0.930. The standard InChI is InChI=1S/C16H21ClFNO/c17-13-6-5-12(9-14(13)18)10-15(20)16(11-19)7-3-1-2-4-8-16/h5-6,9H,1-4,7-8,10-11,19H2. The van der Waals surface area contributed by atoms with E-state index in [-0.39, 0.29) is 17.2 Å². The van der Waals surface area contributed by atoms with Gasteiger partial charge in [0.15, 0.2) is 0 Å². The van der Waals surface area contributed by atoms with Crippen molar-refractivity contribution in [1.29, 1.82) is 0 Å². The van der Waals surface area contributed by atoms with Crippen LogP contribution in [0.15, 0.2) is 18.2 Å². The molecular formula is C16H21ClFNO. The first kappa shape index (κ1) is 15.5. The van der Waals surface area contributed by atoms with E-state index in [9.17, 15) is 9.18 Å². The molecule has 1 aromatic rings. The van der Waals surface area contributed by atoms with E-state index >= 15 is 0 Å².